The first-order valence-electron chi connectivity index (χ1n) is 11.0. The number of aromatic nitrogens is 6. The molecule has 1 fully saturated rings. The second-order valence-corrected chi connectivity index (χ2v) is 8.17. The third-order valence-corrected chi connectivity index (χ3v) is 6.04. The number of alkyl halides is 1. The molecule has 0 saturated carbocycles. The Morgan fingerprint density at radius 2 is 2.12 bits per heavy atom. The van der Waals surface area contributed by atoms with E-state index in [-0.39, 0.29) is 23.0 Å². The highest BCUT2D eigenvalue weighted by Crippen LogP contribution is 2.34. The Bertz CT molecular complexity index is 1350. The molecule has 0 amide bonds. The fourth-order valence-electron chi connectivity index (χ4n) is 4.29. The molecule has 0 radical (unpaired) electrons. The number of hydrogen-bond donors (Lipinski definition) is 1. The van der Waals surface area contributed by atoms with Crippen molar-refractivity contribution in [1.29, 1.82) is 5.26 Å². The van der Waals surface area contributed by atoms with Gasteiger partial charge in [-0.15, -0.1) is 5.10 Å². The molecule has 34 heavy (non-hydrogen) atoms. The molecular formula is C23H22F2N8O. The fraction of sp³-hybridized carbons (Fsp3) is 0.348. The quantitative estimate of drug-likeness (QED) is 0.467. The molecule has 0 bridgehead atoms. The largest absolute Gasteiger partial charge is 0.479 e. The van der Waals surface area contributed by atoms with Crippen molar-refractivity contribution >= 4 is 5.52 Å². The summed E-state index contributed by atoms with van der Waals surface area (Å²) in [6.45, 7) is 2.92. The van der Waals surface area contributed by atoms with E-state index in [2.05, 4.69) is 31.8 Å². The van der Waals surface area contributed by atoms with Crippen LogP contribution in [0.25, 0.3) is 16.8 Å². The lowest BCUT2D eigenvalue weighted by atomic mass is 10.1. The molecule has 4 aromatic heterocycles. The van der Waals surface area contributed by atoms with Gasteiger partial charge in [0, 0.05) is 11.8 Å². The van der Waals surface area contributed by atoms with Gasteiger partial charge in [0.15, 0.2) is 6.10 Å². The smallest absolute Gasteiger partial charge is 0.169 e. The molecule has 1 N–H and O–H groups in total. The maximum atomic E-state index is 14.0. The van der Waals surface area contributed by atoms with Crippen molar-refractivity contribution in [2.24, 2.45) is 0 Å². The summed E-state index contributed by atoms with van der Waals surface area (Å²) in [7, 11) is 0. The van der Waals surface area contributed by atoms with Gasteiger partial charge in [0.25, 0.3) is 0 Å². The van der Waals surface area contributed by atoms with Crippen LogP contribution in [0.4, 0.5) is 8.78 Å². The van der Waals surface area contributed by atoms with Crippen LogP contribution in [-0.2, 0) is 0 Å². The topological polar surface area (TPSA) is 106 Å². The van der Waals surface area contributed by atoms with E-state index in [9.17, 15) is 14.0 Å². The zero-order chi connectivity index (χ0) is 23.7. The number of piperidine rings is 1. The monoisotopic (exact) mass is 464 g/mol. The van der Waals surface area contributed by atoms with Gasteiger partial charge in [-0.25, -0.2) is 18.0 Å². The normalized spacial score (nSPS) is 15.4. The first-order chi connectivity index (χ1) is 16.6. The van der Waals surface area contributed by atoms with Crippen LogP contribution < -0.4 is 10.1 Å². The number of hydrogen-bond acceptors (Lipinski definition) is 7. The number of nitrogens with one attached hydrogen (secondary N) is 1. The Kier molecular flexibility index (Phi) is 5.90. The highest BCUT2D eigenvalue weighted by atomic mass is 19.1. The average Bonchev–Trinajstić information content (AvgIpc) is 3.46. The molecule has 5 heterocycles. The summed E-state index contributed by atoms with van der Waals surface area (Å²) in [5.41, 5.74) is 3.12. The van der Waals surface area contributed by atoms with Crippen LogP contribution in [0.2, 0.25) is 0 Å². The molecule has 1 saturated heterocycles. The Morgan fingerprint density at radius 1 is 1.29 bits per heavy atom. The number of rotatable bonds is 6. The van der Waals surface area contributed by atoms with Crippen LogP contribution in [-0.4, -0.2) is 49.4 Å². The van der Waals surface area contributed by atoms with Crippen molar-refractivity contribution in [1.82, 2.24) is 34.9 Å². The number of nitriles is 1. The molecule has 11 heteroatoms. The number of pyridine rings is 2. The van der Waals surface area contributed by atoms with Crippen molar-refractivity contribution in [3.8, 4) is 23.1 Å². The third-order valence-electron chi connectivity index (χ3n) is 6.04. The summed E-state index contributed by atoms with van der Waals surface area (Å²) in [5.74, 6) is -0.281. The van der Waals surface area contributed by atoms with Gasteiger partial charge in [-0.3, -0.25) is 4.98 Å². The van der Waals surface area contributed by atoms with Crippen molar-refractivity contribution in [2.45, 2.75) is 31.9 Å². The maximum absolute atomic E-state index is 14.0. The summed E-state index contributed by atoms with van der Waals surface area (Å²) in [6.07, 6.45) is 5.01. The number of halogens is 2. The van der Waals surface area contributed by atoms with E-state index < -0.39 is 18.6 Å². The number of fused-ring (bicyclic) bond motifs is 1. The number of nitrogens with zero attached hydrogens (tertiary/aromatic N) is 7. The van der Waals surface area contributed by atoms with Crippen LogP contribution in [0.1, 0.15) is 41.9 Å². The minimum atomic E-state index is -1.09. The minimum Gasteiger partial charge on any atom is -0.479 e. The van der Waals surface area contributed by atoms with Crippen LogP contribution >= 0.6 is 0 Å². The predicted molar refractivity (Wildman–Crippen MR) is 118 cm³/mol. The molecule has 5 rings (SSSR count). The second kappa shape index (κ2) is 9.15. The fourth-order valence-corrected chi connectivity index (χ4v) is 4.29. The van der Waals surface area contributed by atoms with Crippen molar-refractivity contribution < 1.29 is 13.5 Å². The van der Waals surface area contributed by atoms with Gasteiger partial charge in [0.05, 0.1) is 29.8 Å². The maximum Gasteiger partial charge on any atom is 0.169 e. The molecule has 9 nitrogen and oxygen atoms in total. The van der Waals surface area contributed by atoms with Crippen molar-refractivity contribution in [3.05, 3.63) is 59.6 Å². The Balaban J connectivity index is 1.57. The highest BCUT2D eigenvalue weighted by molar-refractivity contribution is 5.74. The van der Waals surface area contributed by atoms with Crippen LogP contribution in [0.5, 0.6) is 5.75 Å². The summed E-state index contributed by atoms with van der Waals surface area (Å²) in [4.78, 5) is 3.95. The summed E-state index contributed by atoms with van der Waals surface area (Å²) >= 11 is 0. The lowest BCUT2D eigenvalue weighted by molar-refractivity contribution is 0.164. The Hall–Kier alpha value is -3.91. The van der Waals surface area contributed by atoms with Crippen LogP contribution in [0, 0.1) is 24.1 Å². The molecule has 0 aromatic carbocycles. The lowest BCUT2D eigenvalue weighted by Gasteiger charge is -2.23. The minimum absolute atomic E-state index is 0.235. The van der Waals surface area contributed by atoms with Gasteiger partial charge in [0.1, 0.15) is 41.1 Å². The van der Waals surface area contributed by atoms with E-state index >= 15 is 0 Å². The molecule has 174 valence electrons. The van der Waals surface area contributed by atoms with Gasteiger partial charge >= 0.3 is 0 Å². The average molecular weight is 464 g/mol. The van der Waals surface area contributed by atoms with Gasteiger partial charge in [-0.05, 0) is 51.1 Å². The first kappa shape index (κ1) is 21.9. The van der Waals surface area contributed by atoms with E-state index in [1.165, 1.54) is 22.8 Å². The van der Waals surface area contributed by atoms with Crippen LogP contribution in [0.15, 0.2) is 36.8 Å². The van der Waals surface area contributed by atoms with E-state index in [4.69, 9.17) is 4.74 Å². The standard InChI is InChI=1S/C23H22F2N8O/c1-14-22(30-31-33(14)18-4-6-27-7-5-18)15-8-20(23-16(10-26)11-29-32(23)13-15)34-21(9-24)19-3-2-17(25)12-28-19/h2-3,8,11-13,18,21,27H,4-7,9H2,1H3. The zero-order valence-electron chi connectivity index (χ0n) is 18.4. The van der Waals surface area contributed by atoms with E-state index in [1.54, 1.807) is 12.3 Å². The third kappa shape index (κ3) is 3.97. The van der Waals surface area contributed by atoms with E-state index in [0.717, 1.165) is 37.8 Å². The molecule has 1 aliphatic rings. The molecular weight excluding hydrogens is 442 g/mol. The van der Waals surface area contributed by atoms with Crippen LogP contribution in [0.3, 0.4) is 0 Å². The number of ether oxygens (including phenoxy) is 1. The summed E-state index contributed by atoms with van der Waals surface area (Å²) < 4.78 is 36.7. The molecule has 1 unspecified atom stereocenters. The van der Waals surface area contributed by atoms with E-state index in [1.807, 2.05) is 11.6 Å². The van der Waals surface area contributed by atoms with E-state index in [0.29, 0.717) is 16.8 Å². The second-order valence-electron chi connectivity index (χ2n) is 8.17. The Labute approximate surface area is 194 Å². The SMILES string of the molecule is Cc1c(-c2cc(OC(CF)c3ccc(F)cn3)c3c(C#N)cnn3c2)nnn1C1CCNCC1. The molecule has 1 aliphatic heterocycles. The summed E-state index contributed by atoms with van der Waals surface area (Å²) in [5, 5.41) is 26.0. The highest BCUT2D eigenvalue weighted by Gasteiger charge is 2.24. The molecule has 1 atom stereocenters. The first-order valence-corrected chi connectivity index (χ1v) is 11.0. The predicted octanol–water partition coefficient (Wildman–Crippen LogP) is 3.32. The molecule has 0 aliphatic carbocycles. The molecule has 0 spiro atoms. The van der Waals surface area contributed by atoms with Gasteiger partial charge < -0.3 is 10.1 Å². The van der Waals surface area contributed by atoms with Gasteiger partial charge in [-0.2, -0.15) is 10.4 Å². The van der Waals surface area contributed by atoms with Crippen molar-refractivity contribution in [3.63, 3.8) is 0 Å². The lowest BCUT2D eigenvalue weighted by Crippen LogP contribution is -2.30. The van der Waals surface area contributed by atoms with Gasteiger partial charge in [-0.1, -0.05) is 5.21 Å². The van der Waals surface area contributed by atoms with Gasteiger partial charge in [0.2, 0.25) is 0 Å². The molecule has 4 aromatic rings. The zero-order valence-corrected chi connectivity index (χ0v) is 18.4. The van der Waals surface area contributed by atoms with Crippen molar-refractivity contribution in [2.75, 3.05) is 19.8 Å². The summed E-state index contributed by atoms with van der Waals surface area (Å²) in [6, 6.07) is 6.62. The Morgan fingerprint density at radius 3 is 2.82 bits per heavy atom.